The van der Waals surface area contributed by atoms with Crippen LogP contribution in [0.3, 0.4) is 0 Å². The third-order valence-electron chi connectivity index (χ3n) is 7.78. The highest BCUT2D eigenvalue weighted by Gasteiger charge is 2.31. The van der Waals surface area contributed by atoms with Crippen LogP contribution in [0.2, 0.25) is 0 Å². The molecule has 0 saturated carbocycles. The van der Waals surface area contributed by atoms with Gasteiger partial charge in [0.2, 0.25) is 11.8 Å². The Balaban J connectivity index is 1.57. The maximum atomic E-state index is 14.4. The molecule has 5 rings (SSSR count). The summed E-state index contributed by atoms with van der Waals surface area (Å²) in [4.78, 5) is 38.1. The van der Waals surface area contributed by atoms with Gasteiger partial charge in [0.25, 0.3) is 5.91 Å². The molecule has 46 heavy (non-hydrogen) atoms. The predicted molar refractivity (Wildman–Crippen MR) is 183 cm³/mol. The summed E-state index contributed by atoms with van der Waals surface area (Å²) in [5.74, 6) is 1.49. The fraction of sp³-hybridized carbons (Fsp3) is 0.400. The first-order chi connectivity index (χ1) is 22.0. The first-order valence-electron chi connectivity index (χ1n) is 15.4. The summed E-state index contributed by atoms with van der Waals surface area (Å²) in [6, 6.07) is 15.4. The molecule has 11 heteroatoms. The number of hydrogen-bond acceptors (Lipinski definition) is 10. The monoisotopic (exact) mass is 641 g/mol. The van der Waals surface area contributed by atoms with Gasteiger partial charge >= 0.3 is 0 Å². The molecule has 4 aromatic rings. The number of anilines is 2. The number of hydrogen-bond donors (Lipinski definition) is 1. The van der Waals surface area contributed by atoms with E-state index in [9.17, 15) is 4.79 Å². The number of fused-ring (bicyclic) bond motifs is 4. The molecule has 242 valence electrons. The van der Waals surface area contributed by atoms with E-state index in [2.05, 4.69) is 56.5 Å². The van der Waals surface area contributed by atoms with Crippen molar-refractivity contribution in [1.29, 1.82) is 0 Å². The maximum Gasteiger partial charge on any atom is 0.254 e. The molecule has 2 aromatic heterocycles. The second-order valence-electron chi connectivity index (χ2n) is 12.9. The van der Waals surface area contributed by atoms with Gasteiger partial charge in [-0.25, -0.2) is 9.97 Å². The minimum Gasteiger partial charge on any atom is -0.475 e. The van der Waals surface area contributed by atoms with Gasteiger partial charge in [-0.2, -0.15) is 4.98 Å². The van der Waals surface area contributed by atoms with Crippen LogP contribution >= 0.6 is 11.9 Å². The van der Waals surface area contributed by atoms with Crippen molar-refractivity contribution in [2.75, 3.05) is 43.5 Å². The fourth-order valence-electron chi connectivity index (χ4n) is 5.54. The Morgan fingerprint density at radius 1 is 1.07 bits per heavy atom. The van der Waals surface area contributed by atoms with Gasteiger partial charge in [-0.1, -0.05) is 45.0 Å². The molecule has 1 aliphatic rings. The van der Waals surface area contributed by atoms with Crippen LogP contribution in [-0.4, -0.2) is 70.7 Å². The average Bonchev–Trinajstić information content (AvgIpc) is 3.03. The molecule has 0 unspecified atom stereocenters. The number of ether oxygens (including phenoxy) is 2. The topological polar surface area (TPSA) is 106 Å². The van der Waals surface area contributed by atoms with Gasteiger partial charge in [0.05, 0.1) is 43.0 Å². The smallest absolute Gasteiger partial charge is 0.254 e. The number of rotatable bonds is 8. The van der Waals surface area contributed by atoms with Gasteiger partial charge < -0.3 is 19.3 Å². The van der Waals surface area contributed by atoms with Crippen molar-refractivity contribution >= 4 is 29.6 Å². The molecular weight excluding hydrogens is 598 g/mol. The Kier molecular flexibility index (Phi) is 10.4. The lowest BCUT2D eigenvalue weighted by atomic mass is 9.87. The van der Waals surface area contributed by atoms with Gasteiger partial charge in [-0.15, -0.1) is 0 Å². The number of carbonyl (C=O) groups is 1. The van der Waals surface area contributed by atoms with Gasteiger partial charge in [0.15, 0.2) is 0 Å². The molecule has 1 N–H and O–H groups in total. The van der Waals surface area contributed by atoms with Crippen LogP contribution in [0.15, 0.2) is 65.8 Å². The first kappa shape index (κ1) is 33.2. The summed E-state index contributed by atoms with van der Waals surface area (Å²) >= 11 is 1.36. The molecule has 0 radical (unpaired) electrons. The van der Waals surface area contributed by atoms with E-state index < -0.39 is 0 Å². The summed E-state index contributed by atoms with van der Waals surface area (Å²) in [7, 11) is 3.63. The molecule has 1 atom stereocenters. The zero-order chi connectivity index (χ0) is 32.8. The fourth-order valence-corrected chi connectivity index (χ4v) is 6.17. The Morgan fingerprint density at radius 2 is 1.83 bits per heavy atom. The highest BCUT2D eigenvalue weighted by atomic mass is 32.2. The molecular formula is C35H43N7O3S. The highest BCUT2D eigenvalue weighted by molar-refractivity contribution is 8.00. The molecule has 0 spiro atoms. The quantitative estimate of drug-likeness (QED) is 0.212. The third kappa shape index (κ3) is 8.32. The standard InChI is InChI=1S/C35H43N7O3S/c1-23-10-8-11-24(2)32(23)29-17-31-39-34(38-29)40-46-28-13-9-12-25(16-28)33(43)42(27(22-45-31)18-35(3,4)5)21-26-19-36-20-30(37-26)41(6)14-15-44-7/h8-13,16-17,19-20,27H,14-15,18,21-22H2,1-7H3,(H,38,39,40)/t27-/m1/s1. The lowest BCUT2D eigenvalue weighted by Gasteiger charge is -2.35. The predicted octanol–water partition coefficient (Wildman–Crippen LogP) is 6.59. The minimum atomic E-state index is -0.295. The number of nitrogens with one attached hydrogen (secondary N) is 1. The first-order valence-corrected chi connectivity index (χ1v) is 16.3. The average molecular weight is 642 g/mol. The van der Waals surface area contributed by atoms with Crippen molar-refractivity contribution in [2.24, 2.45) is 5.41 Å². The van der Waals surface area contributed by atoms with E-state index >= 15 is 0 Å². The van der Waals surface area contributed by atoms with Crippen molar-refractivity contribution < 1.29 is 14.3 Å². The maximum absolute atomic E-state index is 14.4. The summed E-state index contributed by atoms with van der Waals surface area (Å²) in [6.45, 7) is 12.4. The lowest BCUT2D eigenvalue weighted by Crippen LogP contribution is -2.45. The van der Waals surface area contributed by atoms with Crippen molar-refractivity contribution in [2.45, 2.75) is 58.5 Å². The molecule has 10 nitrogen and oxygen atoms in total. The van der Waals surface area contributed by atoms with Crippen molar-refractivity contribution in [3.63, 3.8) is 0 Å². The van der Waals surface area contributed by atoms with Gasteiger partial charge in [-0.3, -0.25) is 14.5 Å². The molecule has 1 amide bonds. The Hall–Kier alpha value is -4.22. The van der Waals surface area contributed by atoms with E-state index in [4.69, 9.17) is 24.4 Å². The zero-order valence-corrected chi connectivity index (χ0v) is 28.5. The third-order valence-corrected chi connectivity index (χ3v) is 8.55. The van der Waals surface area contributed by atoms with Crippen molar-refractivity contribution in [1.82, 2.24) is 24.8 Å². The van der Waals surface area contributed by atoms with E-state index in [-0.39, 0.29) is 30.5 Å². The number of aryl methyl sites for hydroxylation is 2. The van der Waals surface area contributed by atoms with Crippen LogP contribution in [0.4, 0.5) is 11.8 Å². The lowest BCUT2D eigenvalue weighted by molar-refractivity contribution is 0.0509. The van der Waals surface area contributed by atoms with Crippen molar-refractivity contribution in [3.05, 3.63) is 83.3 Å². The molecule has 3 heterocycles. The van der Waals surface area contributed by atoms with Crippen LogP contribution < -0.4 is 14.4 Å². The van der Waals surface area contributed by atoms with Crippen LogP contribution in [0.1, 0.15) is 54.4 Å². The van der Waals surface area contributed by atoms with E-state index in [0.29, 0.717) is 48.5 Å². The molecule has 2 aromatic carbocycles. The van der Waals surface area contributed by atoms with Crippen molar-refractivity contribution in [3.8, 4) is 17.1 Å². The molecule has 0 aliphatic carbocycles. The second-order valence-corrected chi connectivity index (χ2v) is 13.7. The van der Waals surface area contributed by atoms with Crippen LogP contribution in [0.25, 0.3) is 11.3 Å². The number of benzene rings is 2. The second kappa shape index (κ2) is 14.5. The number of amides is 1. The Labute approximate surface area is 276 Å². The largest absolute Gasteiger partial charge is 0.475 e. The number of carbonyl (C=O) groups excluding carboxylic acids is 1. The SMILES string of the molecule is COCCN(C)c1cncc(CN2C(=O)c3cccc(c3)SNc3nc(cc(-c4c(C)cccc4C)n3)OC[C@H]2CC(C)(C)C)n1. The molecule has 0 fully saturated rings. The molecule has 4 bridgehead atoms. The summed E-state index contributed by atoms with van der Waals surface area (Å²) in [5.41, 5.74) is 5.22. The van der Waals surface area contributed by atoms with Gasteiger partial charge in [-0.05, 0) is 67.0 Å². The molecule has 0 saturated heterocycles. The van der Waals surface area contributed by atoms with Gasteiger partial charge in [0.1, 0.15) is 12.4 Å². The summed E-state index contributed by atoms with van der Waals surface area (Å²) < 4.78 is 15.0. The van der Waals surface area contributed by atoms with E-state index in [1.807, 2.05) is 53.2 Å². The summed E-state index contributed by atoms with van der Waals surface area (Å²) in [5, 5.41) is 0. The highest BCUT2D eigenvalue weighted by Crippen LogP contribution is 2.32. The Morgan fingerprint density at radius 3 is 2.57 bits per heavy atom. The van der Waals surface area contributed by atoms with E-state index in [1.54, 1.807) is 19.5 Å². The van der Waals surface area contributed by atoms with Gasteiger partial charge in [0, 0.05) is 42.8 Å². The van der Waals surface area contributed by atoms with Crippen LogP contribution in [0.5, 0.6) is 5.88 Å². The Bertz CT molecular complexity index is 1660. The van der Waals surface area contributed by atoms with Crippen LogP contribution in [0, 0.1) is 19.3 Å². The number of aromatic nitrogens is 4. The minimum absolute atomic E-state index is 0.103. The van der Waals surface area contributed by atoms with Crippen LogP contribution in [-0.2, 0) is 11.3 Å². The molecule has 1 aliphatic heterocycles. The number of methoxy groups -OCH3 is 1. The van der Waals surface area contributed by atoms with E-state index in [1.165, 1.54) is 11.9 Å². The van der Waals surface area contributed by atoms with E-state index in [0.717, 1.165) is 27.3 Å². The zero-order valence-electron chi connectivity index (χ0n) is 27.7. The normalized spacial score (nSPS) is 15.2. The number of nitrogens with zero attached hydrogens (tertiary/aromatic N) is 6. The summed E-state index contributed by atoms with van der Waals surface area (Å²) in [6.07, 6.45) is 4.14. The number of likely N-dealkylation sites (N-methyl/N-ethyl adjacent to an activating group) is 1.